The van der Waals surface area contributed by atoms with Crippen LogP contribution in [0.5, 0.6) is 5.75 Å². The van der Waals surface area contributed by atoms with Crippen molar-refractivity contribution >= 4 is 17.3 Å². The summed E-state index contributed by atoms with van der Waals surface area (Å²) >= 11 is 0. The fourth-order valence-electron chi connectivity index (χ4n) is 3.65. The van der Waals surface area contributed by atoms with Gasteiger partial charge in [-0.3, -0.25) is 4.79 Å². The van der Waals surface area contributed by atoms with Crippen molar-refractivity contribution in [2.24, 2.45) is 0 Å². The molecule has 1 aliphatic rings. The fraction of sp³-hybridized carbons (Fsp3) is 0.458. The standard InChI is InChI=1S/C24H33N3O2/c1-5-26-12-14-27(15-13-26)21-9-10-22(19(3)17-21)25-24(28)11-16-29-23-8-6-7-18(2)20(23)4/h6-10,17H,5,11-16H2,1-4H3,(H,25,28). The second kappa shape index (κ2) is 9.79. The molecule has 0 spiro atoms. The van der Waals surface area contributed by atoms with Crippen LogP contribution in [-0.4, -0.2) is 50.1 Å². The summed E-state index contributed by atoms with van der Waals surface area (Å²) in [5.74, 6) is 0.823. The molecule has 2 aromatic carbocycles. The number of likely N-dealkylation sites (N-methyl/N-ethyl adjacent to an activating group) is 1. The number of aryl methyl sites for hydroxylation is 2. The molecule has 1 amide bonds. The number of benzene rings is 2. The van der Waals surface area contributed by atoms with Crippen molar-refractivity contribution < 1.29 is 9.53 Å². The Bertz CT molecular complexity index is 842. The first-order valence-electron chi connectivity index (χ1n) is 10.5. The second-order valence-electron chi connectivity index (χ2n) is 7.77. The van der Waals surface area contributed by atoms with E-state index in [0.29, 0.717) is 13.0 Å². The Hall–Kier alpha value is -2.53. The predicted molar refractivity (Wildman–Crippen MR) is 120 cm³/mol. The minimum atomic E-state index is -0.0253. The summed E-state index contributed by atoms with van der Waals surface area (Å²) < 4.78 is 5.80. The quantitative estimate of drug-likeness (QED) is 0.765. The summed E-state index contributed by atoms with van der Waals surface area (Å²) in [7, 11) is 0. The lowest BCUT2D eigenvalue weighted by Crippen LogP contribution is -2.46. The van der Waals surface area contributed by atoms with Crippen LogP contribution in [0.3, 0.4) is 0 Å². The van der Waals surface area contributed by atoms with E-state index in [2.05, 4.69) is 47.2 Å². The van der Waals surface area contributed by atoms with Gasteiger partial charge in [-0.2, -0.15) is 0 Å². The normalized spacial score (nSPS) is 14.7. The van der Waals surface area contributed by atoms with Crippen LogP contribution in [0.15, 0.2) is 36.4 Å². The number of carbonyl (C=O) groups is 1. The number of hydrogen-bond donors (Lipinski definition) is 1. The average molecular weight is 396 g/mol. The zero-order valence-corrected chi connectivity index (χ0v) is 18.1. The van der Waals surface area contributed by atoms with Crippen molar-refractivity contribution in [2.75, 3.05) is 49.5 Å². The van der Waals surface area contributed by atoms with Gasteiger partial charge in [-0.15, -0.1) is 0 Å². The van der Waals surface area contributed by atoms with Crippen molar-refractivity contribution in [1.82, 2.24) is 4.90 Å². The van der Waals surface area contributed by atoms with Crippen molar-refractivity contribution in [1.29, 1.82) is 0 Å². The Balaban J connectivity index is 1.51. The molecule has 0 bridgehead atoms. The van der Waals surface area contributed by atoms with Gasteiger partial charge in [0.05, 0.1) is 13.0 Å². The lowest BCUT2D eigenvalue weighted by molar-refractivity contribution is -0.116. The number of amides is 1. The molecule has 1 heterocycles. The monoisotopic (exact) mass is 395 g/mol. The van der Waals surface area contributed by atoms with Gasteiger partial charge in [0, 0.05) is 37.6 Å². The number of ether oxygens (including phenoxy) is 1. The average Bonchev–Trinajstić information content (AvgIpc) is 2.73. The van der Waals surface area contributed by atoms with Gasteiger partial charge in [0.2, 0.25) is 5.91 Å². The van der Waals surface area contributed by atoms with Gasteiger partial charge in [0.1, 0.15) is 5.75 Å². The van der Waals surface area contributed by atoms with E-state index in [1.165, 1.54) is 11.3 Å². The summed E-state index contributed by atoms with van der Waals surface area (Å²) in [6.07, 6.45) is 0.327. The first-order valence-corrected chi connectivity index (χ1v) is 10.5. The molecular formula is C24H33N3O2. The number of nitrogens with zero attached hydrogens (tertiary/aromatic N) is 2. The molecule has 1 fully saturated rings. The Morgan fingerprint density at radius 2 is 1.79 bits per heavy atom. The first-order chi connectivity index (χ1) is 14.0. The fourth-order valence-corrected chi connectivity index (χ4v) is 3.65. The lowest BCUT2D eigenvalue weighted by atomic mass is 10.1. The molecule has 0 radical (unpaired) electrons. The van der Waals surface area contributed by atoms with Gasteiger partial charge in [-0.05, 0) is 68.3 Å². The van der Waals surface area contributed by atoms with Crippen molar-refractivity contribution in [3.63, 3.8) is 0 Å². The lowest BCUT2D eigenvalue weighted by Gasteiger charge is -2.35. The Kier molecular flexibility index (Phi) is 7.15. The molecule has 156 valence electrons. The summed E-state index contributed by atoms with van der Waals surface area (Å²) in [4.78, 5) is 17.2. The highest BCUT2D eigenvalue weighted by molar-refractivity contribution is 5.91. The molecule has 1 N–H and O–H groups in total. The Morgan fingerprint density at radius 3 is 2.48 bits per heavy atom. The summed E-state index contributed by atoms with van der Waals surface area (Å²) in [5, 5.41) is 3.02. The highest BCUT2D eigenvalue weighted by atomic mass is 16.5. The summed E-state index contributed by atoms with van der Waals surface area (Å²) in [6, 6.07) is 12.3. The van der Waals surface area contributed by atoms with Gasteiger partial charge in [-0.1, -0.05) is 19.1 Å². The minimum Gasteiger partial charge on any atom is -0.493 e. The van der Waals surface area contributed by atoms with Crippen LogP contribution in [0.1, 0.15) is 30.0 Å². The zero-order valence-electron chi connectivity index (χ0n) is 18.1. The SMILES string of the molecule is CCN1CCN(c2ccc(NC(=O)CCOc3cccc(C)c3C)c(C)c2)CC1. The summed E-state index contributed by atoms with van der Waals surface area (Å²) in [5.41, 5.74) is 5.51. The Morgan fingerprint density at radius 1 is 1.03 bits per heavy atom. The first kappa shape index (κ1) is 21.2. The maximum absolute atomic E-state index is 12.4. The molecule has 1 aliphatic heterocycles. The van der Waals surface area contributed by atoms with E-state index in [0.717, 1.165) is 55.3 Å². The molecule has 0 unspecified atom stereocenters. The third-order valence-corrected chi connectivity index (χ3v) is 5.81. The largest absolute Gasteiger partial charge is 0.493 e. The minimum absolute atomic E-state index is 0.0253. The van der Waals surface area contributed by atoms with E-state index in [-0.39, 0.29) is 5.91 Å². The smallest absolute Gasteiger partial charge is 0.227 e. The van der Waals surface area contributed by atoms with Crippen LogP contribution >= 0.6 is 0 Å². The molecule has 2 aromatic rings. The topological polar surface area (TPSA) is 44.8 Å². The molecular weight excluding hydrogens is 362 g/mol. The molecule has 5 nitrogen and oxygen atoms in total. The number of anilines is 2. The molecule has 1 saturated heterocycles. The number of rotatable bonds is 7. The molecule has 0 saturated carbocycles. The van der Waals surface area contributed by atoms with Crippen molar-refractivity contribution in [3.8, 4) is 5.75 Å². The summed E-state index contributed by atoms with van der Waals surface area (Å²) in [6.45, 7) is 14.2. The third-order valence-electron chi connectivity index (χ3n) is 5.81. The maximum Gasteiger partial charge on any atom is 0.227 e. The van der Waals surface area contributed by atoms with Crippen LogP contribution in [0.25, 0.3) is 0 Å². The highest BCUT2D eigenvalue weighted by Gasteiger charge is 2.16. The van der Waals surface area contributed by atoms with Crippen LogP contribution in [0, 0.1) is 20.8 Å². The Labute approximate surface area is 174 Å². The van der Waals surface area contributed by atoms with E-state index in [4.69, 9.17) is 4.74 Å². The maximum atomic E-state index is 12.4. The molecule has 29 heavy (non-hydrogen) atoms. The number of hydrogen-bond acceptors (Lipinski definition) is 4. The van der Waals surface area contributed by atoms with Crippen molar-refractivity contribution in [2.45, 2.75) is 34.1 Å². The second-order valence-corrected chi connectivity index (χ2v) is 7.77. The third kappa shape index (κ3) is 5.51. The van der Waals surface area contributed by atoms with Crippen LogP contribution in [-0.2, 0) is 4.79 Å². The van der Waals surface area contributed by atoms with E-state index < -0.39 is 0 Å². The van der Waals surface area contributed by atoms with E-state index in [1.807, 2.05) is 32.0 Å². The number of piperazine rings is 1. The molecule has 5 heteroatoms. The predicted octanol–water partition coefficient (Wildman–Crippen LogP) is 4.16. The molecule has 0 aliphatic carbocycles. The van der Waals surface area contributed by atoms with Crippen LogP contribution in [0.2, 0.25) is 0 Å². The van der Waals surface area contributed by atoms with Gasteiger partial charge in [0.15, 0.2) is 0 Å². The van der Waals surface area contributed by atoms with Crippen molar-refractivity contribution in [3.05, 3.63) is 53.1 Å². The van der Waals surface area contributed by atoms with Crippen LogP contribution < -0.4 is 15.0 Å². The van der Waals surface area contributed by atoms with E-state index in [9.17, 15) is 4.79 Å². The molecule has 0 atom stereocenters. The van der Waals surface area contributed by atoms with Crippen LogP contribution in [0.4, 0.5) is 11.4 Å². The van der Waals surface area contributed by atoms with Gasteiger partial charge in [-0.25, -0.2) is 0 Å². The number of nitrogens with one attached hydrogen (secondary N) is 1. The van der Waals surface area contributed by atoms with Gasteiger partial charge >= 0.3 is 0 Å². The molecule has 0 aromatic heterocycles. The zero-order chi connectivity index (χ0) is 20.8. The van der Waals surface area contributed by atoms with E-state index in [1.54, 1.807) is 0 Å². The highest BCUT2D eigenvalue weighted by Crippen LogP contribution is 2.24. The molecule has 3 rings (SSSR count). The van der Waals surface area contributed by atoms with E-state index >= 15 is 0 Å². The van der Waals surface area contributed by atoms with Gasteiger partial charge < -0.3 is 19.9 Å². The number of carbonyl (C=O) groups excluding carboxylic acids is 1. The van der Waals surface area contributed by atoms with Gasteiger partial charge in [0.25, 0.3) is 0 Å².